The van der Waals surface area contributed by atoms with Crippen LogP contribution < -0.4 is 0 Å². The third-order valence-corrected chi connectivity index (χ3v) is 2.03. The standard InChI is InChI=1S/C8H12BrNO/c1-3-10(2)5-7-4-8(9)11-6-7/h4,6H,3,5H2,1-2H3. The van der Waals surface area contributed by atoms with E-state index in [1.807, 2.05) is 6.07 Å². The minimum atomic E-state index is 0.803. The zero-order valence-corrected chi connectivity index (χ0v) is 8.39. The molecule has 1 rings (SSSR count). The molecular formula is C8H12BrNO. The van der Waals surface area contributed by atoms with Crippen LogP contribution in [0.2, 0.25) is 0 Å². The molecule has 62 valence electrons. The first kappa shape index (κ1) is 8.81. The monoisotopic (exact) mass is 217 g/mol. The molecule has 0 atom stereocenters. The summed E-state index contributed by atoms with van der Waals surface area (Å²) in [4.78, 5) is 2.22. The van der Waals surface area contributed by atoms with Crippen molar-refractivity contribution in [2.75, 3.05) is 13.6 Å². The van der Waals surface area contributed by atoms with E-state index in [9.17, 15) is 0 Å². The zero-order chi connectivity index (χ0) is 8.27. The summed E-state index contributed by atoms with van der Waals surface area (Å²) in [6.45, 7) is 4.14. The van der Waals surface area contributed by atoms with Gasteiger partial charge in [-0.15, -0.1) is 0 Å². The lowest BCUT2D eigenvalue weighted by molar-refractivity contribution is 0.344. The fraction of sp³-hybridized carbons (Fsp3) is 0.500. The van der Waals surface area contributed by atoms with Crippen molar-refractivity contribution >= 4 is 15.9 Å². The molecular weight excluding hydrogens is 206 g/mol. The Morgan fingerprint density at radius 3 is 2.82 bits per heavy atom. The second-order valence-corrected chi connectivity index (χ2v) is 3.37. The first-order chi connectivity index (χ1) is 5.22. The van der Waals surface area contributed by atoms with Crippen LogP contribution in [0.5, 0.6) is 0 Å². The highest BCUT2D eigenvalue weighted by atomic mass is 79.9. The van der Waals surface area contributed by atoms with Crippen LogP contribution in [-0.4, -0.2) is 18.5 Å². The van der Waals surface area contributed by atoms with Crippen LogP contribution >= 0.6 is 15.9 Å². The minimum absolute atomic E-state index is 0.803. The van der Waals surface area contributed by atoms with Crippen molar-refractivity contribution in [1.29, 1.82) is 0 Å². The summed E-state index contributed by atoms with van der Waals surface area (Å²) >= 11 is 3.26. The summed E-state index contributed by atoms with van der Waals surface area (Å²) in [6, 6.07) is 1.99. The maximum atomic E-state index is 5.10. The van der Waals surface area contributed by atoms with Crippen LogP contribution in [0.4, 0.5) is 0 Å². The van der Waals surface area contributed by atoms with Gasteiger partial charge in [-0.25, -0.2) is 0 Å². The van der Waals surface area contributed by atoms with Gasteiger partial charge in [0.25, 0.3) is 0 Å². The third kappa shape index (κ3) is 2.67. The maximum absolute atomic E-state index is 5.10. The topological polar surface area (TPSA) is 16.4 Å². The van der Waals surface area contributed by atoms with Crippen LogP contribution in [0.3, 0.4) is 0 Å². The summed E-state index contributed by atoms with van der Waals surface area (Å²) < 4.78 is 5.90. The molecule has 0 aliphatic rings. The molecule has 0 bridgehead atoms. The molecule has 0 aromatic carbocycles. The highest BCUT2D eigenvalue weighted by molar-refractivity contribution is 9.10. The van der Waals surface area contributed by atoms with E-state index < -0.39 is 0 Å². The van der Waals surface area contributed by atoms with E-state index in [0.29, 0.717) is 0 Å². The summed E-state index contributed by atoms with van der Waals surface area (Å²) in [7, 11) is 2.08. The molecule has 0 fully saturated rings. The smallest absolute Gasteiger partial charge is 0.169 e. The fourth-order valence-electron chi connectivity index (χ4n) is 0.852. The minimum Gasteiger partial charge on any atom is -0.457 e. The quantitative estimate of drug-likeness (QED) is 0.774. The van der Waals surface area contributed by atoms with Gasteiger partial charge in [0.05, 0.1) is 6.26 Å². The first-order valence-corrected chi connectivity index (χ1v) is 4.43. The van der Waals surface area contributed by atoms with Gasteiger partial charge in [-0.3, -0.25) is 0 Å². The van der Waals surface area contributed by atoms with Crippen LogP contribution in [0.15, 0.2) is 21.4 Å². The summed E-state index contributed by atoms with van der Waals surface area (Å²) in [5.41, 5.74) is 1.21. The molecule has 2 nitrogen and oxygen atoms in total. The Hall–Kier alpha value is -0.280. The molecule has 0 spiro atoms. The molecule has 11 heavy (non-hydrogen) atoms. The van der Waals surface area contributed by atoms with Crippen molar-refractivity contribution in [2.24, 2.45) is 0 Å². The summed E-state index contributed by atoms with van der Waals surface area (Å²) in [5, 5.41) is 0. The number of furan rings is 1. The Balaban J connectivity index is 2.50. The average Bonchev–Trinajstić information content (AvgIpc) is 2.35. The molecule has 0 aliphatic carbocycles. The molecule has 3 heteroatoms. The van der Waals surface area contributed by atoms with Crippen molar-refractivity contribution in [2.45, 2.75) is 13.5 Å². The number of nitrogens with zero attached hydrogens (tertiary/aromatic N) is 1. The molecule has 1 heterocycles. The highest BCUT2D eigenvalue weighted by Gasteiger charge is 2.00. The van der Waals surface area contributed by atoms with Crippen molar-refractivity contribution in [3.05, 3.63) is 22.6 Å². The third-order valence-electron chi connectivity index (χ3n) is 1.61. The largest absolute Gasteiger partial charge is 0.457 e. The highest BCUT2D eigenvalue weighted by Crippen LogP contribution is 2.14. The second kappa shape index (κ2) is 3.93. The molecule has 0 unspecified atom stereocenters. The van der Waals surface area contributed by atoms with E-state index in [2.05, 4.69) is 34.8 Å². The van der Waals surface area contributed by atoms with E-state index in [-0.39, 0.29) is 0 Å². The van der Waals surface area contributed by atoms with Gasteiger partial charge in [-0.2, -0.15) is 0 Å². The Bertz CT molecular complexity index is 222. The molecule has 0 N–H and O–H groups in total. The van der Waals surface area contributed by atoms with Crippen molar-refractivity contribution in [3.63, 3.8) is 0 Å². The van der Waals surface area contributed by atoms with E-state index in [1.165, 1.54) is 5.56 Å². The van der Waals surface area contributed by atoms with Gasteiger partial charge in [-0.1, -0.05) is 6.92 Å². The van der Waals surface area contributed by atoms with Gasteiger partial charge in [0.15, 0.2) is 4.67 Å². The molecule has 0 radical (unpaired) electrons. The predicted molar refractivity (Wildman–Crippen MR) is 48.4 cm³/mol. The summed E-state index contributed by atoms with van der Waals surface area (Å²) in [6.07, 6.45) is 1.77. The van der Waals surface area contributed by atoms with Gasteiger partial charge in [0.1, 0.15) is 0 Å². The lowest BCUT2D eigenvalue weighted by atomic mass is 10.3. The Labute approximate surface area is 75.3 Å². The van der Waals surface area contributed by atoms with Crippen molar-refractivity contribution in [1.82, 2.24) is 4.90 Å². The number of rotatable bonds is 3. The van der Waals surface area contributed by atoms with Gasteiger partial charge in [0.2, 0.25) is 0 Å². The van der Waals surface area contributed by atoms with Crippen LogP contribution in [-0.2, 0) is 6.54 Å². The Morgan fingerprint density at radius 1 is 1.64 bits per heavy atom. The van der Waals surface area contributed by atoms with Crippen LogP contribution in [0.1, 0.15) is 12.5 Å². The van der Waals surface area contributed by atoms with E-state index in [4.69, 9.17) is 4.42 Å². The fourth-order valence-corrected chi connectivity index (χ4v) is 1.24. The normalized spacial score (nSPS) is 10.9. The van der Waals surface area contributed by atoms with Crippen molar-refractivity contribution < 1.29 is 4.42 Å². The SMILES string of the molecule is CCN(C)Cc1coc(Br)c1. The van der Waals surface area contributed by atoms with Crippen LogP contribution in [0, 0.1) is 0 Å². The molecule has 0 saturated carbocycles. The van der Waals surface area contributed by atoms with Gasteiger partial charge in [0, 0.05) is 12.1 Å². The maximum Gasteiger partial charge on any atom is 0.169 e. The summed E-state index contributed by atoms with van der Waals surface area (Å²) in [5.74, 6) is 0. The Kier molecular flexibility index (Phi) is 3.15. The van der Waals surface area contributed by atoms with E-state index >= 15 is 0 Å². The molecule has 0 amide bonds. The molecule has 0 aliphatic heterocycles. The number of hydrogen-bond donors (Lipinski definition) is 0. The van der Waals surface area contributed by atoms with E-state index in [0.717, 1.165) is 17.8 Å². The predicted octanol–water partition coefficient (Wildman–Crippen LogP) is 2.49. The first-order valence-electron chi connectivity index (χ1n) is 3.64. The zero-order valence-electron chi connectivity index (χ0n) is 6.80. The molecule has 0 saturated heterocycles. The lowest BCUT2D eigenvalue weighted by Gasteiger charge is -2.10. The van der Waals surface area contributed by atoms with Crippen molar-refractivity contribution in [3.8, 4) is 0 Å². The average molecular weight is 218 g/mol. The van der Waals surface area contributed by atoms with Gasteiger partial charge >= 0.3 is 0 Å². The number of halogens is 1. The van der Waals surface area contributed by atoms with Gasteiger partial charge < -0.3 is 9.32 Å². The van der Waals surface area contributed by atoms with Gasteiger partial charge in [-0.05, 0) is 35.6 Å². The second-order valence-electron chi connectivity index (χ2n) is 2.59. The van der Waals surface area contributed by atoms with Crippen LogP contribution in [0.25, 0.3) is 0 Å². The molecule has 1 aromatic rings. The number of hydrogen-bond acceptors (Lipinski definition) is 2. The Morgan fingerprint density at radius 2 is 2.36 bits per heavy atom. The lowest BCUT2D eigenvalue weighted by Crippen LogP contribution is -2.16. The molecule has 1 aromatic heterocycles. The van der Waals surface area contributed by atoms with E-state index in [1.54, 1.807) is 6.26 Å².